The summed E-state index contributed by atoms with van der Waals surface area (Å²) in [6.45, 7) is 1.06. The van der Waals surface area contributed by atoms with Crippen molar-refractivity contribution in [3.05, 3.63) is 65.8 Å². The van der Waals surface area contributed by atoms with Crippen molar-refractivity contribution in [2.45, 2.75) is 13.0 Å². The van der Waals surface area contributed by atoms with E-state index in [1.165, 1.54) is 42.5 Å². The number of esters is 1. The minimum Gasteiger partial charge on any atom is -0.482 e. The van der Waals surface area contributed by atoms with Gasteiger partial charge < -0.3 is 9.47 Å². The monoisotopic (exact) mass is 400 g/mol. The second kappa shape index (κ2) is 9.09. The first kappa shape index (κ1) is 19.5. The third kappa shape index (κ3) is 5.37. The van der Waals surface area contributed by atoms with Crippen molar-refractivity contribution in [1.82, 2.24) is 4.98 Å². The number of hydrogen-bond donors (Lipinski definition) is 1. The highest BCUT2D eigenvalue weighted by molar-refractivity contribution is 7.14. The second-order valence-electron chi connectivity index (χ2n) is 5.77. The molecule has 3 rings (SSSR count). The number of aromatic nitrogens is 1. The Balaban J connectivity index is 1.48. The Bertz CT molecular complexity index is 944. The molecule has 2 aromatic carbocycles. The number of carbonyl (C=O) groups excluding carboxylic acids is 2. The molecular weight excluding hydrogens is 383 g/mol. The molecule has 0 saturated carbocycles. The van der Waals surface area contributed by atoms with Crippen molar-refractivity contribution in [3.63, 3.8) is 0 Å². The average molecular weight is 400 g/mol. The van der Waals surface area contributed by atoms with Crippen LogP contribution in [0.15, 0.2) is 60.0 Å². The van der Waals surface area contributed by atoms with Crippen molar-refractivity contribution in [1.29, 1.82) is 0 Å². The van der Waals surface area contributed by atoms with Crippen LogP contribution in [0.25, 0.3) is 11.3 Å². The quantitative estimate of drug-likeness (QED) is 0.609. The first-order valence-electron chi connectivity index (χ1n) is 8.41. The molecule has 0 aliphatic heterocycles. The molecule has 28 heavy (non-hydrogen) atoms. The Kier molecular flexibility index (Phi) is 6.33. The van der Waals surface area contributed by atoms with Gasteiger partial charge in [0.05, 0.1) is 5.69 Å². The van der Waals surface area contributed by atoms with Crippen LogP contribution in [-0.2, 0) is 14.3 Å². The summed E-state index contributed by atoms with van der Waals surface area (Å²) in [4.78, 5) is 28.4. The molecule has 8 heteroatoms. The Morgan fingerprint density at radius 2 is 1.86 bits per heavy atom. The van der Waals surface area contributed by atoms with Gasteiger partial charge in [-0.1, -0.05) is 30.3 Å². The van der Waals surface area contributed by atoms with Crippen molar-refractivity contribution in [2.24, 2.45) is 0 Å². The number of hydrogen-bond acceptors (Lipinski definition) is 6. The number of halogens is 1. The lowest BCUT2D eigenvalue weighted by atomic mass is 10.2. The van der Waals surface area contributed by atoms with Gasteiger partial charge >= 0.3 is 5.97 Å². The summed E-state index contributed by atoms with van der Waals surface area (Å²) >= 11 is 1.28. The van der Waals surface area contributed by atoms with Crippen LogP contribution in [-0.4, -0.2) is 29.6 Å². The maximum atomic E-state index is 12.8. The summed E-state index contributed by atoms with van der Waals surface area (Å²) in [5, 5.41) is 4.87. The van der Waals surface area contributed by atoms with Crippen LogP contribution in [0.1, 0.15) is 6.92 Å². The van der Waals surface area contributed by atoms with Gasteiger partial charge in [-0.05, 0) is 31.2 Å². The average Bonchev–Trinajstić information content (AvgIpc) is 3.16. The summed E-state index contributed by atoms with van der Waals surface area (Å²) in [5.41, 5.74) is 1.69. The predicted octanol–water partition coefficient (Wildman–Crippen LogP) is 3.90. The van der Waals surface area contributed by atoms with E-state index >= 15 is 0 Å². The van der Waals surface area contributed by atoms with Crippen molar-refractivity contribution in [2.75, 3.05) is 11.9 Å². The van der Waals surface area contributed by atoms with E-state index in [2.05, 4.69) is 10.3 Å². The topological polar surface area (TPSA) is 77.5 Å². The number of ether oxygens (including phenoxy) is 2. The first-order chi connectivity index (χ1) is 13.5. The molecule has 1 atom stereocenters. The van der Waals surface area contributed by atoms with E-state index in [0.717, 1.165) is 11.3 Å². The molecule has 0 saturated heterocycles. The molecule has 0 aliphatic carbocycles. The zero-order valence-electron chi connectivity index (χ0n) is 14.9. The third-order valence-corrected chi connectivity index (χ3v) is 4.41. The van der Waals surface area contributed by atoms with Crippen molar-refractivity contribution in [3.8, 4) is 17.0 Å². The molecule has 1 aromatic heterocycles. The summed E-state index contributed by atoms with van der Waals surface area (Å²) in [6.07, 6.45) is -1.02. The molecule has 3 aromatic rings. The third-order valence-electron chi connectivity index (χ3n) is 3.65. The van der Waals surface area contributed by atoms with E-state index in [1.54, 1.807) is 0 Å². The minimum atomic E-state index is -1.02. The zero-order chi connectivity index (χ0) is 19.9. The fourth-order valence-corrected chi connectivity index (χ4v) is 2.96. The predicted molar refractivity (Wildman–Crippen MR) is 104 cm³/mol. The number of nitrogens with one attached hydrogen (secondary N) is 1. The summed E-state index contributed by atoms with van der Waals surface area (Å²) < 4.78 is 23.1. The summed E-state index contributed by atoms with van der Waals surface area (Å²) in [7, 11) is 0. The molecule has 0 unspecified atom stereocenters. The molecule has 0 bridgehead atoms. The van der Waals surface area contributed by atoms with Crippen LogP contribution >= 0.6 is 11.3 Å². The van der Waals surface area contributed by atoms with Gasteiger partial charge in [-0.2, -0.15) is 0 Å². The highest BCUT2D eigenvalue weighted by Gasteiger charge is 2.19. The maximum absolute atomic E-state index is 12.8. The largest absolute Gasteiger partial charge is 0.482 e. The lowest BCUT2D eigenvalue weighted by molar-refractivity contribution is -0.155. The molecule has 0 fully saturated rings. The van der Waals surface area contributed by atoms with Crippen LogP contribution < -0.4 is 10.1 Å². The van der Waals surface area contributed by atoms with E-state index in [0.29, 0.717) is 10.9 Å². The fraction of sp³-hybridized carbons (Fsp3) is 0.150. The van der Waals surface area contributed by atoms with E-state index in [-0.39, 0.29) is 0 Å². The molecule has 0 aliphatic rings. The minimum absolute atomic E-state index is 0.326. The molecule has 0 radical (unpaired) electrons. The molecule has 1 amide bonds. The summed E-state index contributed by atoms with van der Waals surface area (Å²) in [5.74, 6) is -1.29. The number of rotatable bonds is 7. The standard InChI is InChI=1S/C20H17FN2O4S/c1-13(27-18(24)11-26-16-9-7-15(21)8-10-16)19(25)23-20-22-17(12-28-20)14-5-3-2-4-6-14/h2-10,12-13H,11H2,1H3,(H,22,23,25)/t13-/m0/s1. The van der Waals surface area contributed by atoms with Crippen LogP contribution in [0.4, 0.5) is 9.52 Å². The van der Waals surface area contributed by atoms with Crippen LogP contribution in [0, 0.1) is 5.82 Å². The molecular formula is C20H17FN2O4S. The van der Waals surface area contributed by atoms with Crippen molar-refractivity contribution < 1.29 is 23.5 Å². The van der Waals surface area contributed by atoms with Gasteiger partial charge in [-0.15, -0.1) is 11.3 Å². The van der Waals surface area contributed by atoms with Crippen LogP contribution in [0.5, 0.6) is 5.75 Å². The lowest BCUT2D eigenvalue weighted by Gasteiger charge is -2.12. The highest BCUT2D eigenvalue weighted by atomic mass is 32.1. The molecule has 6 nitrogen and oxygen atoms in total. The Morgan fingerprint density at radius 3 is 2.57 bits per heavy atom. The van der Waals surface area contributed by atoms with Gasteiger partial charge in [0, 0.05) is 10.9 Å². The SMILES string of the molecule is C[C@H](OC(=O)COc1ccc(F)cc1)C(=O)Nc1nc(-c2ccccc2)cs1. The lowest BCUT2D eigenvalue weighted by Crippen LogP contribution is -2.31. The normalized spacial score (nSPS) is 11.5. The van der Waals surface area contributed by atoms with Gasteiger partial charge in [0.1, 0.15) is 11.6 Å². The molecule has 0 spiro atoms. The van der Waals surface area contributed by atoms with Gasteiger partial charge in [0.2, 0.25) is 0 Å². The summed E-state index contributed by atoms with van der Waals surface area (Å²) in [6, 6.07) is 14.8. The van der Waals surface area contributed by atoms with Crippen LogP contribution in [0.2, 0.25) is 0 Å². The number of nitrogens with zero attached hydrogens (tertiary/aromatic N) is 1. The Hall–Kier alpha value is -3.26. The Labute approximate surface area is 164 Å². The second-order valence-corrected chi connectivity index (χ2v) is 6.63. The van der Waals surface area contributed by atoms with E-state index in [1.807, 2.05) is 35.7 Å². The molecule has 144 valence electrons. The number of anilines is 1. The van der Waals surface area contributed by atoms with Gasteiger partial charge in [-0.3, -0.25) is 10.1 Å². The van der Waals surface area contributed by atoms with Gasteiger partial charge in [0.15, 0.2) is 17.8 Å². The first-order valence-corrected chi connectivity index (χ1v) is 9.29. The molecule has 1 heterocycles. The zero-order valence-corrected chi connectivity index (χ0v) is 15.7. The number of benzene rings is 2. The number of amides is 1. The number of carbonyl (C=O) groups is 2. The highest BCUT2D eigenvalue weighted by Crippen LogP contribution is 2.24. The van der Waals surface area contributed by atoms with Gasteiger partial charge in [-0.25, -0.2) is 14.2 Å². The maximum Gasteiger partial charge on any atom is 0.344 e. The van der Waals surface area contributed by atoms with E-state index in [4.69, 9.17) is 9.47 Å². The van der Waals surface area contributed by atoms with E-state index < -0.39 is 30.4 Å². The Morgan fingerprint density at radius 1 is 1.14 bits per heavy atom. The van der Waals surface area contributed by atoms with Crippen molar-refractivity contribution >= 4 is 28.3 Å². The number of thiazole rings is 1. The van der Waals surface area contributed by atoms with Gasteiger partial charge in [0.25, 0.3) is 5.91 Å². The van der Waals surface area contributed by atoms with Crippen LogP contribution in [0.3, 0.4) is 0 Å². The smallest absolute Gasteiger partial charge is 0.344 e. The molecule has 1 N–H and O–H groups in total. The fourth-order valence-electron chi connectivity index (χ4n) is 2.24. The van der Waals surface area contributed by atoms with E-state index in [9.17, 15) is 14.0 Å².